The molecule has 1 N–H and O–H groups in total. The quantitative estimate of drug-likeness (QED) is 0.736. The fourth-order valence-corrected chi connectivity index (χ4v) is 1.90. The molecule has 1 unspecified atom stereocenters. The Bertz CT molecular complexity index is 293. The molecule has 0 aliphatic carbocycles. The van der Waals surface area contributed by atoms with E-state index >= 15 is 0 Å². The van der Waals surface area contributed by atoms with Crippen LogP contribution >= 0.6 is 0 Å². The zero-order chi connectivity index (χ0) is 9.97. The summed E-state index contributed by atoms with van der Waals surface area (Å²) in [7, 11) is 1.80. The molecule has 0 bridgehead atoms. The van der Waals surface area contributed by atoms with Gasteiger partial charge in [-0.25, -0.2) is 4.68 Å². The molecule has 0 spiro atoms. The third-order valence-corrected chi connectivity index (χ3v) is 2.72. The van der Waals surface area contributed by atoms with Crippen LogP contribution < -0.4 is 0 Å². The Hall–Kier alpha value is -0.940. The zero-order valence-corrected chi connectivity index (χ0v) is 8.43. The largest absolute Gasteiger partial charge is 0.385 e. The van der Waals surface area contributed by atoms with Crippen molar-refractivity contribution < 1.29 is 5.11 Å². The van der Waals surface area contributed by atoms with Gasteiger partial charge in [0.1, 0.15) is 6.10 Å². The minimum Gasteiger partial charge on any atom is -0.385 e. The topological polar surface area (TPSA) is 54.2 Å². The average Bonchev–Trinajstić information content (AvgIpc) is 2.75. The molecule has 1 fully saturated rings. The molecule has 1 aromatic rings. The van der Waals surface area contributed by atoms with Gasteiger partial charge in [0.2, 0.25) is 0 Å². The number of aliphatic hydroxyl groups excluding tert-OH is 1. The van der Waals surface area contributed by atoms with E-state index < -0.39 is 6.10 Å². The van der Waals surface area contributed by atoms with Gasteiger partial charge in [0.15, 0.2) is 0 Å². The molecule has 0 saturated carbocycles. The lowest BCUT2D eigenvalue weighted by Gasteiger charge is -2.18. The standard InChI is InChI=1S/C9H16N4O/c1-12-8(6-10-11-12)9(14)7-13-4-2-3-5-13/h6,9,14H,2-5,7H2,1H3. The molecule has 2 heterocycles. The second kappa shape index (κ2) is 4.06. The van der Waals surface area contributed by atoms with Crippen LogP contribution in [0.5, 0.6) is 0 Å². The summed E-state index contributed by atoms with van der Waals surface area (Å²) in [6.07, 6.45) is 3.65. The van der Waals surface area contributed by atoms with Crippen LogP contribution in [0.3, 0.4) is 0 Å². The first kappa shape index (κ1) is 9.61. The first-order chi connectivity index (χ1) is 6.77. The Morgan fingerprint density at radius 1 is 1.50 bits per heavy atom. The van der Waals surface area contributed by atoms with Crippen LogP contribution in [-0.4, -0.2) is 44.6 Å². The zero-order valence-electron chi connectivity index (χ0n) is 8.43. The molecule has 1 atom stereocenters. The molecule has 5 nitrogen and oxygen atoms in total. The molecular weight excluding hydrogens is 180 g/mol. The molecule has 1 aromatic heterocycles. The molecule has 0 radical (unpaired) electrons. The van der Waals surface area contributed by atoms with E-state index in [1.807, 2.05) is 0 Å². The lowest BCUT2D eigenvalue weighted by molar-refractivity contribution is 0.119. The van der Waals surface area contributed by atoms with Crippen molar-refractivity contribution in [3.63, 3.8) is 0 Å². The second-order valence-corrected chi connectivity index (χ2v) is 3.81. The first-order valence-electron chi connectivity index (χ1n) is 5.02. The van der Waals surface area contributed by atoms with Crippen LogP contribution in [0.15, 0.2) is 6.20 Å². The van der Waals surface area contributed by atoms with Crippen LogP contribution in [0.2, 0.25) is 0 Å². The van der Waals surface area contributed by atoms with E-state index in [9.17, 15) is 5.11 Å². The number of aryl methyl sites for hydroxylation is 1. The van der Waals surface area contributed by atoms with Crippen molar-refractivity contribution in [1.29, 1.82) is 0 Å². The highest BCUT2D eigenvalue weighted by molar-refractivity contribution is 4.99. The average molecular weight is 196 g/mol. The normalized spacial score (nSPS) is 20.1. The summed E-state index contributed by atoms with van der Waals surface area (Å²) >= 11 is 0. The molecule has 78 valence electrons. The van der Waals surface area contributed by atoms with Gasteiger partial charge in [-0.2, -0.15) is 0 Å². The van der Waals surface area contributed by atoms with Crippen LogP contribution in [0.4, 0.5) is 0 Å². The van der Waals surface area contributed by atoms with Crippen molar-refractivity contribution in [2.24, 2.45) is 7.05 Å². The lowest BCUT2D eigenvalue weighted by atomic mass is 10.2. The van der Waals surface area contributed by atoms with Gasteiger partial charge in [0.05, 0.1) is 11.9 Å². The molecule has 1 aliphatic heterocycles. The Morgan fingerprint density at radius 3 is 2.79 bits per heavy atom. The monoisotopic (exact) mass is 196 g/mol. The predicted octanol–water partition coefficient (Wildman–Crippen LogP) is -0.0557. The van der Waals surface area contributed by atoms with E-state index in [2.05, 4.69) is 15.2 Å². The molecule has 5 heteroatoms. The highest BCUT2D eigenvalue weighted by Gasteiger charge is 2.19. The maximum atomic E-state index is 9.91. The molecule has 2 rings (SSSR count). The third kappa shape index (κ3) is 1.93. The number of rotatable bonds is 3. The molecule has 1 saturated heterocycles. The number of likely N-dealkylation sites (tertiary alicyclic amines) is 1. The fraction of sp³-hybridized carbons (Fsp3) is 0.778. The van der Waals surface area contributed by atoms with Gasteiger partial charge in [0.25, 0.3) is 0 Å². The minimum atomic E-state index is -0.465. The van der Waals surface area contributed by atoms with Gasteiger partial charge < -0.3 is 10.0 Å². The predicted molar refractivity (Wildman–Crippen MR) is 51.6 cm³/mol. The third-order valence-electron chi connectivity index (χ3n) is 2.72. The summed E-state index contributed by atoms with van der Waals surface area (Å²) in [5.41, 5.74) is 0.789. The van der Waals surface area contributed by atoms with Crippen molar-refractivity contribution in [3.8, 4) is 0 Å². The summed E-state index contributed by atoms with van der Waals surface area (Å²) < 4.78 is 1.63. The van der Waals surface area contributed by atoms with Gasteiger partial charge >= 0.3 is 0 Å². The molecule has 14 heavy (non-hydrogen) atoms. The van der Waals surface area contributed by atoms with Crippen molar-refractivity contribution in [1.82, 2.24) is 19.9 Å². The Balaban J connectivity index is 1.95. The van der Waals surface area contributed by atoms with E-state index in [1.54, 1.807) is 17.9 Å². The van der Waals surface area contributed by atoms with Crippen LogP contribution in [0.25, 0.3) is 0 Å². The van der Waals surface area contributed by atoms with Crippen molar-refractivity contribution in [2.45, 2.75) is 18.9 Å². The van der Waals surface area contributed by atoms with E-state index in [1.165, 1.54) is 12.8 Å². The van der Waals surface area contributed by atoms with Gasteiger partial charge in [-0.15, -0.1) is 5.10 Å². The van der Waals surface area contributed by atoms with Gasteiger partial charge in [-0.05, 0) is 25.9 Å². The number of nitrogens with zero attached hydrogens (tertiary/aromatic N) is 4. The minimum absolute atomic E-state index is 0.465. The fourth-order valence-electron chi connectivity index (χ4n) is 1.90. The summed E-state index contributed by atoms with van der Waals surface area (Å²) in [5.74, 6) is 0. The smallest absolute Gasteiger partial charge is 0.110 e. The number of hydrogen-bond acceptors (Lipinski definition) is 4. The summed E-state index contributed by atoms with van der Waals surface area (Å²) in [5, 5.41) is 17.5. The van der Waals surface area contributed by atoms with Crippen molar-refractivity contribution in [3.05, 3.63) is 11.9 Å². The summed E-state index contributed by atoms with van der Waals surface area (Å²) in [6, 6.07) is 0. The Labute approximate surface area is 83.3 Å². The van der Waals surface area contributed by atoms with Gasteiger partial charge in [-0.1, -0.05) is 5.21 Å². The van der Waals surface area contributed by atoms with Gasteiger partial charge in [0, 0.05) is 13.6 Å². The molecule has 0 aromatic carbocycles. The van der Waals surface area contributed by atoms with E-state index in [0.717, 1.165) is 18.8 Å². The number of aliphatic hydroxyl groups is 1. The van der Waals surface area contributed by atoms with Gasteiger partial charge in [-0.3, -0.25) is 0 Å². The second-order valence-electron chi connectivity index (χ2n) is 3.81. The number of hydrogen-bond donors (Lipinski definition) is 1. The maximum Gasteiger partial charge on any atom is 0.110 e. The number of aromatic nitrogens is 3. The summed E-state index contributed by atoms with van der Waals surface area (Å²) in [4.78, 5) is 2.28. The summed E-state index contributed by atoms with van der Waals surface area (Å²) in [6.45, 7) is 2.89. The Morgan fingerprint density at radius 2 is 2.21 bits per heavy atom. The van der Waals surface area contributed by atoms with Crippen molar-refractivity contribution in [2.75, 3.05) is 19.6 Å². The van der Waals surface area contributed by atoms with Crippen LogP contribution in [0, 0.1) is 0 Å². The first-order valence-corrected chi connectivity index (χ1v) is 5.02. The number of β-amino-alcohol motifs (C(OH)–C–C–N with tert-alkyl or cyclic N) is 1. The van der Waals surface area contributed by atoms with Crippen LogP contribution in [-0.2, 0) is 7.05 Å². The SMILES string of the molecule is Cn1nncc1C(O)CN1CCCC1. The molecule has 0 amide bonds. The lowest BCUT2D eigenvalue weighted by Crippen LogP contribution is -2.26. The Kier molecular flexibility index (Phi) is 2.79. The van der Waals surface area contributed by atoms with E-state index in [0.29, 0.717) is 6.54 Å². The molecule has 1 aliphatic rings. The van der Waals surface area contributed by atoms with E-state index in [-0.39, 0.29) is 0 Å². The van der Waals surface area contributed by atoms with Crippen molar-refractivity contribution >= 4 is 0 Å². The maximum absolute atomic E-state index is 9.91. The highest BCUT2D eigenvalue weighted by atomic mass is 16.3. The van der Waals surface area contributed by atoms with E-state index in [4.69, 9.17) is 0 Å². The molecular formula is C9H16N4O. The van der Waals surface area contributed by atoms with Crippen LogP contribution in [0.1, 0.15) is 24.6 Å². The highest BCUT2D eigenvalue weighted by Crippen LogP contribution is 2.15.